The molecule has 0 heterocycles. The predicted molar refractivity (Wildman–Crippen MR) is 88.3 cm³/mol. The molecule has 0 unspecified atom stereocenters. The second-order valence-corrected chi connectivity index (χ2v) is 5.87. The van der Waals surface area contributed by atoms with Gasteiger partial charge in [-0.2, -0.15) is 0 Å². The molecular weight excluding hydrogens is 288 g/mol. The molecule has 2 amide bonds. The normalized spacial score (nSPS) is 14.8. The van der Waals surface area contributed by atoms with Crippen molar-refractivity contribution in [2.45, 2.75) is 25.4 Å². The fourth-order valence-electron chi connectivity index (χ4n) is 2.63. The molecule has 0 aliphatic heterocycles. The molecule has 0 bridgehead atoms. The van der Waals surface area contributed by atoms with Crippen LogP contribution in [0.1, 0.15) is 30.0 Å². The van der Waals surface area contributed by atoms with Crippen LogP contribution < -0.4 is 10.6 Å². The zero-order valence-electron chi connectivity index (χ0n) is 12.9. The van der Waals surface area contributed by atoms with Gasteiger partial charge in [-0.15, -0.1) is 0 Å². The fraction of sp³-hybridized carbons (Fsp3) is 0.263. The summed E-state index contributed by atoms with van der Waals surface area (Å²) in [6.07, 6.45) is 2.18. The van der Waals surface area contributed by atoms with Crippen molar-refractivity contribution in [1.29, 1.82) is 0 Å². The second-order valence-electron chi connectivity index (χ2n) is 5.87. The van der Waals surface area contributed by atoms with E-state index in [0.29, 0.717) is 12.5 Å². The first-order chi connectivity index (χ1) is 11.2. The molecule has 4 nitrogen and oxygen atoms in total. The average molecular weight is 308 g/mol. The largest absolute Gasteiger partial charge is 0.344 e. The van der Waals surface area contributed by atoms with Gasteiger partial charge in [-0.25, -0.2) is 0 Å². The van der Waals surface area contributed by atoms with Gasteiger partial charge < -0.3 is 10.6 Å². The summed E-state index contributed by atoms with van der Waals surface area (Å²) in [5.74, 6) is -0.722. The third-order valence-electron chi connectivity index (χ3n) is 4.04. The van der Waals surface area contributed by atoms with Gasteiger partial charge in [-0.1, -0.05) is 60.7 Å². The lowest BCUT2D eigenvalue weighted by Crippen LogP contribution is -2.41. The number of hydrogen-bond donors (Lipinski definition) is 2. The van der Waals surface area contributed by atoms with Crippen LogP contribution in [0.15, 0.2) is 60.7 Å². The molecule has 0 spiro atoms. The van der Waals surface area contributed by atoms with Gasteiger partial charge in [0.25, 0.3) is 0 Å². The average Bonchev–Trinajstić information content (AvgIpc) is 3.44. The van der Waals surface area contributed by atoms with Gasteiger partial charge in [0, 0.05) is 6.54 Å². The molecule has 0 radical (unpaired) electrons. The number of carbonyl (C=O) groups is 2. The first kappa shape index (κ1) is 15.3. The maximum absolute atomic E-state index is 12.2. The lowest BCUT2D eigenvalue weighted by molar-refractivity contribution is -0.139. The Bertz CT molecular complexity index is 666. The Kier molecular flexibility index (Phi) is 4.71. The Morgan fingerprint density at radius 3 is 2.13 bits per heavy atom. The Morgan fingerprint density at radius 1 is 0.913 bits per heavy atom. The SMILES string of the molecule is O=C(NCc1ccccc1)C(=O)N[C@H](c1ccccc1)C1CC1. The Labute approximate surface area is 135 Å². The Morgan fingerprint density at radius 2 is 1.52 bits per heavy atom. The molecule has 2 aromatic carbocycles. The van der Waals surface area contributed by atoms with Crippen molar-refractivity contribution in [2.75, 3.05) is 0 Å². The van der Waals surface area contributed by atoms with E-state index in [1.807, 2.05) is 60.7 Å². The lowest BCUT2D eigenvalue weighted by Gasteiger charge is -2.18. The van der Waals surface area contributed by atoms with Crippen LogP contribution in [0.2, 0.25) is 0 Å². The van der Waals surface area contributed by atoms with Crippen LogP contribution >= 0.6 is 0 Å². The van der Waals surface area contributed by atoms with E-state index < -0.39 is 11.8 Å². The molecular formula is C19H20N2O2. The highest BCUT2D eigenvalue weighted by Crippen LogP contribution is 2.40. The van der Waals surface area contributed by atoms with Crippen LogP contribution in [0, 0.1) is 5.92 Å². The molecule has 0 saturated heterocycles. The summed E-state index contributed by atoms with van der Waals surface area (Å²) in [7, 11) is 0. The van der Waals surface area contributed by atoms with Gasteiger partial charge in [0.15, 0.2) is 0 Å². The summed E-state index contributed by atoms with van der Waals surface area (Å²) in [5.41, 5.74) is 2.02. The summed E-state index contributed by atoms with van der Waals surface area (Å²) in [5, 5.41) is 5.54. The van der Waals surface area contributed by atoms with Gasteiger partial charge >= 0.3 is 11.8 Å². The van der Waals surface area contributed by atoms with Crippen LogP contribution in [0.5, 0.6) is 0 Å². The van der Waals surface area contributed by atoms with E-state index in [2.05, 4.69) is 10.6 Å². The van der Waals surface area contributed by atoms with Crippen LogP contribution in [-0.2, 0) is 16.1 Å². The van der Waals surface area contributed by atoms with Crippen molar-refractivity contribution in [2.24, 2.45) is 5.92 Å². The van der Waals surface area contributed by atoms with Crippen molar-refractivity contribution in [3.63, 3.8) is 0 Å². The topological polar surface area (TPSA) is 58.2 Å². The minimum absolute atomic E-state index is 0.0776. The van der Waals surface area contributed by atoms with E-state index in [-0.39, 0.29) is 6.04 Å². The Balaban J connectivity index is 1.57. The predicted octanol–water partition coefficient (Wildman–Crippen LogP) is 2.57. The van der Waals surface area contributed by atoms with E-state index in [1.54, 1.807) is 0 Å². The number of amides is 2. The fourth-order valence-corrected chi connectivity index (χ4v) is 2.63. The van der Waals surface area contributed by atoms with Gasteiger partial charge in [0.05, 0.1) is 6.04 Å². The first-order valence-electron chi connectivity index (χ1n) is 7.91. The maximum Gasteiger partial charge on any atom is 0.309 e. The number of hydrogen-bond acceptors (Lipinski definition) is 2. The molecule has 1 saturated carbocycles. The zero-order valence-corrected chi connectivity index (χ0v) is 12.9. The van der Waals surface area contributed by atoms with Crippen LogP contribution in [0.3, 0.4) is 0 Å². The van der Waals surface area contributed by atoms with Crippen molar-refractivity contribution in [3.05, 3.63) is 71.8 Å². The molecule has 1 fully saturated rings. The summed E-state index contributed by atoms with van der Waals surface area (Å²) < 4.78 is 0. The standard InChI is InChI=1S/C19H20N2O2/c22-18(20-13-14-7-3-1-4-8-14)19(23)21-17(16-11-12-16)15-9-5-2-6-10-15/h1-10,16-17H,11-13H2,(H,20,22)(H,21,23)/t17-/m1/s1. The summed E-state index contributed by atoms with van der Waals surface area (Å²) in [6.45, 7) is 0.354. The summed E-state index contributed by atoms with van der Waals surface area (Å²) in [4.78, 5) is 24.2. The molecule has 4 heteroatoms. The Hall–Kier alpha value is -2.62. The third-order valence-corrected chi connectivity index (χ3v) is 4.04. The number of benzene rings is 2. The highest BCUT2D eigenvalue weighted by molar-refractivity contribution is 6.35. The van der Waals surface area contributed by atoms with E-state index in [4.69, 9.17) is 0 Å². The monoisotopic (exact) mass is 308 g/mol. The minimum atomic E-state index is -0.588. The molecule has 3 rings (SSSR count). The molecule has 1 aliphatic carbocycles. The van der Waals surface area contributed by atoms with E-state index >= 15 is 0 Å². The lowest BCUT2D eigenvalue weighted by atomic mass is 10.0. The zero-order chi connectivity index (χ0) is 16.1. The molecule has 2 N–H and O–H groups in total. The van der Waals surface area contributed by atoms with Gasteiger partial charge in [-0.3, -0.25) is 9.59 Å². The summed E-state index contributed by atoms with van der Waals surface area (Å²) in [6, 6.07) is 19.3. The number of nitrogens with one attached hydrogen (secondary N) is 2. The summed E-state index contributed by atoms with van der Waals surface area (Å²) >= 11 is 0. The third kappa shape index (κ3) is 4.19. The molecule has 1 aliphatic rings. The van der Waals surface area contributed by atoms with Crippen molar-refractivity contribution >= 4 is 11.8 Å². The van der Waals surface area contributed by atoms with Crippen molar-refractivity contribution in [3.8, 4) is 0 Å². The van der Waals surface area contributed by atoms with E-state index in [9.17, 15) is 9.59 Å². The first-order valence-corrected chi connectivity index (χ1v) is 7.91. The molecule has 118 valence electrons. The maximum atomic E-state index is 12.2. The van der Waals surface area contributed by atoms with E-state index in [0.717, 1.165) is 24.0 Å². The van der Waals surface area contributed by atoms with Crippen molar-refractivity contribution < 1.29 is 9.59 Å². The van der Waals surface area contributed by atoms with Gasteiger partial charge in [-0.05, 0) is 29.9 Å². The molecule has 23 heavy (non-hydrogen) atoms. The molecule has 2 aromatic rings. The van der Waals surface area contributed by atoms with Crippen LogP contribution in [0.4, 0.5) is 0 Å². The molecule has 1 atom stereocenters. The highest BCUT2D eigenvalue weighted by atomic mass is 16.2. The van der Waals surface area contributed by atoms with Crippen LogP contribution in [-0.4, -0.2) is 11.8 Å². The smallest absolute Gasteiger partial charge is 0.309 e. The highest BCUT2D eigenvalue weighted by Gasteiger charge is 2.34. The quantitative estimate of drug-likeness (QED) is 0.834. The van der Waals surface area contributed by atoms with Gasteiger partial charge in [0.1, 0.15) is 0 Å². The second kappa shape index (κ2) is 7.09. The van der Waals surface area contributed by atoms with Gasteiger partial charge in [0.2, 0.25) is 0 Å². The van der Waals surface area contributed by atoms with E-state index in [1.165, 1.54) is 0 Å². The van der Waals surface area contributed by atoms with Crippen molar-refractivity contribution in [1.82, 2.24) is 10.6 Å². The number of rotatable bonds is 5. The van der Waals surface area contributed by atoms with Crippen LogP contribution in [0.25, 0.3) is 0 Å². The molecule has 0 aromatic heterocycles. The minimum Gasteiger partial charge on any atom is -0.344 e. The number of carbonyl (C=O) groups excluding carboxylic acids is 2.